The van der Waals surface area contributed by atoms with Gasteiger partial charge < -0.3 is 4.90 Å². The zero-order valence-corrected chi connectivity index (χ0v) is 17.2. The van der Waals surface area contributed by atoms with Crippen molar-refractivity contribution in [1.82, 2.24) is 14.4 Å². The zero-order chi connectivity index (χ0) is 20.9. The molecule has 0 fully saturated rings. The van der Waals surface area contributed by atoms with Crippen LogP contribution in [-0.2, 0) is 11.2 Å². The van der Waals surface area contributed by atoms with E-state index in [1.807, 2.05) is 37.9 Å². The molecule has 0 saturated heterocycles. The number of fused-ring (bicyclic) bond motifs is 2. The summed E-state index contributed by atoms with van der Waals surface area (Å²) in [5, 5.41) is 1.01. The highest BCUT2D eigenvalue weighted by Crippen LogP contribution is 2.41. The topological polar surface area (TPSA) is 45.6 Å². The summed E-state index contributed by atoms with van der Waals surface area (Å²) in [5.74, 6) is 0.0113. The highest BCUT2D eigenvalue weighted by molar-refractivity contribution is 6.03. The first-order valence-corrected chi connectivity index (χ1v) is 10.3. The van der Waals surface area contributed by atoms with Crippen LogP contribution in [0.4, 0.5) is 0 Å². The number of likely N-dealkylation sites (N-methyl/N-ethyl adjacent to an activating group) is 1. The van der Waals surface area contributed by atoms with Crippen molar-refractivity contribution in [2.45, 2.75) is 39.7 Å². The van der Waals surface area contributed by atoms with Crippen molar-refractivity contribution in [1.29, 1.82) is 0 Å². The minimum atomic E-state index is -0.169. The number of carbonyl (C=O) groups is 2. The Morgan fingerprint density at radius 3 is 2.71 bits per heavy atom. The molecule has 0 bridgehead atoms. The average molecular weight is 381 g/mol. The lowest BCUT2D eigenvalue weighted by molar-refractivity contribution is -0.134. The van der Waals surface area contributed by atoms with Gasteiger partial charge in [0.1, 0.15) is 0 Å². The summed E-state index contributed by atoms with van der Waals surface area (Å²) >= 11 is 0. The molecule has 1 aromatic carbocycles. The Labute approximate surface area is 168 Å². The monoisotopic (exact) mass is 380 g/mol. The third-order valence-corrected chi connectivity index (χ3v) is 6.27. The SMILES string of the molecule is [2H]c1ccc2c3c(cn(C(=O)CC)c13)C[C@@H]1C2=C[C@@H](C(=O)N(CC)CC)CN1C. The van der Waals surface area contributed by atoms with Crippen molar-refractivity contribution < 1.29 is 11.0 Å². The van der Waals surface area contributed by atoms with Crippen molar-refractivity contribution in [2.24, 2.45) is 5.92 Å². The number of benzene rings is 1. The van der Waals surface area contributed by atoms with Crippen LogP contribution in [0.2, 0.25) is 0 Å². The number of aromatic nitrogens is 1. The van der Waals surface area contributed by atoms with E-state index in [0.29, 0.717) is 37.6 Å². The van der Waals surface area contributed by atoms with E-state index < -0.39 is 0 Å². The van der Waals surface area contributed by atoms with Crippen LogP contribution >= 0.6 is 0 Å². The summed E-state index contributed by atoms with van der Waals surface area (Å²) in [6.07, 6.45) is 5.27. The van der Waals surface area contributed by atoms with Crippen molar-refractivity contribution >= 4 is 28.3 Å². The van der Waals surface area contributed by atoms with Gasteiger partial charge in [-0.15, -0.1) is 0 Å². The van der Waals surface area contributed by atoms with E-state index >= 15 is 0 Å². The Balaban J connectivity index is 1.87. The van der Waals surface area contributed by atoms with Crippen LogP contribution in [0.1, 0.15) is 44.5 Å². The quantitative estimate of drug-likeness (QED) is 0.816. The molecule has 1 aliphatic heterocycles. The Morgan fingerprint density at radius 2 is 2.04 bits per heavy atom. The number of amides is 1. The van der Waals surface area contributed by atoms with Crippen molar-refractivity contribution in [2.75, 3.05) is 26.7 Å². The smallest absolute Gasteiger partial charge is 0.230 e. The zero-order valence-electron chi connectivity index (χ0n) is 18.2. The Morgan fingerprint density at radius 1 is 1.29 bits per heavy atom. The second-order valence-corrected chi connectivity index (χ2v) is 7.79. The van der Waals surface area contributed by atoms with E-state index in [1.54, 1.807) is 10.6 Å². The molecule has 2 aliphatic rings. The maximum atomic E-state index is 13.0. The molecule has 2 aromatic rings. The Bertz CT molecular complexity index is 1020. The van der Waals surface area contributed by atoms with Crippen LogP contribution in [0.3, 0.4) is 0 Å². The number of hydrogen-bond acceptors (Lipinski definition) is 3. The van der Waals surface area contributed by atoms with Crippen LogP contribution in [0.5, 0.6) is 0 Å². The second-order valence-electron chi connectivity index (χ2n) is 7.79. The van der Waals surface area contributed by atoms with Crippen molar-refractivity contribution in [3.05, 3.63) is 41.6 Å². The minimum absolute atomic E-state index is 0.00805. The van der Waals surface area contributed by atoms with E-state index in [-0.39, 0.29) is 23.8 Å². The molecule has 5 nitrogen and oxygen atoms in total. The van der Waals surface area contributed by atoms with Gasteiger partial charge in [0.2, 0.25) is 11.8 Å². The van der Waals surface area contributed by atoms with E-state index in [1.165, 1.54) is 0 Å². The van der Waals surface area contributed by atoms with Gasteiger partial charge in [0.05, 0.1) is 12.8 Å². The Kier molecular flexibility index (Phi) is 4.55. The number of hydrogen-bond donors (Lipinski definition) is 0. The lowest BCUT2D eigenvalue weighted by atomic mass is 9.79. The van der Waals surface area contributed by atoms with Gasteiger partial charge in [-0.3, -0.25) is 19.1 Å². The Hall–Kier alpha value is -2.40. The first-order valence-electron chi connectivity index (χ1n) is 10.8. The first kappa shape index (κ1) is 17.7. The van der Waals surface area contributed by atoms with Gasteiger partial charge in [-0.1, -0.05) is 25.1 Å². The molecule has 28 heavy (non-hydrogen) atoms. The predicted molar refractivity (Wildman–Crippen MR) is 112 cm³/mol. The molecule has 0 spiro atoms. The largest absolute Gasteiger partial charge is 0.343 e. The fourth-order valence-electron chi connectivity index (χ4n) is 4.77. The van der Waals surface area contributed by atoms with Crippen molar-refractivity contribution in [3.63, 3.8) is 0 Å². The van der Waals surface area contributed by atoms with Gasteiger partial charge in [-0.2, -0.15) is 0 Å². The van der Waals surface area contributed by atoms with Gasteiger partial charge in [0.15, 0.2) is 0 Å². The van der Waals surface area contributed by atoms with Crippen LogP contribution in [0, 0.1) is 5.92 Å². The number of carbonyl (C=O) groups excluding carboxylic acids is 2. The first-order chi connectivity index (χ1) is 13.9. The summed E-state index contributed by atoms with van der Waals surface area (Å²) in [4.78, 5) is 29.7. The standard InChI is InChI=1S/C23H29N3O2/c1-5-21(27)26-14-15-12-20-18(17-9-8-10-19(26)22(15)17)11-16(13-24(20)4)23(28)25(6-2)7-3/h8-11,14,16,20H,5-7,12-13H2,1-4H3/t16-,20-/m1/s1/i10D. The van der Waals surface area contributed by atoms with Gasteiger partial charge in [0, 0.05) is 43.7 Å². The van der Waals surface area contributed by atoms with Crippen LogP contribution in [0.15, 0.2) is 30.4 Å². The van der Waals surface area contributed by atoms with Crippen LogP contribution in [-0.4, -0.2) is 58.9 Å². The normalized spacial score (nSPS) is 21.9. The molecule has 148 valence electrons. The summed E-state index contributed by atoms with van der Waals surface area (Å²) in [6, 6.07) is 4.33. The number of rotatable bonds is 4. The van der Waals surface area contributed by atoms with Crippen LogP contribution in [0.25, 0.3) is 16.5 Å². The highest BCUT2D eigenvalue weighted by Gasteiger charge is 2.37. The summed E-state index contributed by atoms with van der Waals surface area (Å²) in [6.45, 7) is 8.01. The third kappa shape index (κ3) is 2.80. The van der Waals surface area contributed by atoms with Gasteiger partial charge in [0.25, 0.3) is 0 Å². The molecular weight excluding hydrogens is 350 g/mol. The average Bonchev–Trinajstić information content (AvgIpc) is 3.11. The third-order valence-electron chi connectivity index (χ3n) is 6.27. The molecule has 2 atom stereocenters. The van der Waals surface area contributed by atoms with Gasteiger partial charge in [-0.05, 0) is 50.1 Å². The van der Waals surface area contributed by atoms with E-state index in [4.69, 9.17) is 1.37 Å². The lowest BCUT2D eigenvalue weighted by Crippen LogP contribution is -2.47. The van der Waals surface area contributed by atoms with E-state index in [9.17, 15) is 9.59 Å². The molecule has 4 rings (SSSR count). The molecule has 0 radical (unpaired) electrons. The van der Waals surface area contributed by atoms with E-state index in [0.717, 1.165) is 28.5 Å². The van der Waals surface area contributed by atoms with E-state index in [2.05, 4.69) is 18.0 Å². The molecular formula is C23H29N3O2. The molecule has 0 unspecified atom stereocenters. The second kappa shape index (κ2) is 7.21. The fraction of sp³-hybridized carbons (Fsp3) is 0.478. The molecule has 2 heterocycles. The highest BCUT2D eigenvalue weighted by atomic mass is 16.2. The molecule has 1 aliphatic carbocycles. The summed E-state index contributed by atoms with van der Waals surface area (Å²) in [7, 11) is 2.08. The lowest BCUT2D eigenvalue weighted by Gasteiger charge is -2.40. The summed E-state index contributed by atoms with van der Waals surface area (Å²) in [5.41, 5.74) is 4.04. The predicted octanol–water partition coefficient (Wildman–Crippen LogP) is 3.43. The van der Waals surface area contributed by atoms with Gasteiger partial charge in [-0.25, -0.2) is 0 Å². The maximum Gasteiger partial charge on any atom is 0.230 e. The summed E-state index contributed by atoms with van der Waals surface area (Å²) < 4.78 is 10.1. The maximum absolute atomic E-state index is 13.0. The molecule has 0 saturated carbocycles. The molecule has 5 heteroatoms. The van der Waals surface area contributed by atoms with Crippen LogP contribution < -0.4 is 0 Å². The minimum Gasteiger partial charge on any atom is -0.343 e. The number of nitrogens with zero attached hydrogens (tertiary/aromatic N) is 3. The van der Waals surface area contributed by atoms with Crippen molar-refractivity contribution in [3.8, 4) is 0 Å². The van der Waals surface area contributed by atoms with Gasteiger partial charge >= 0.3 is 0 Å². The fourth-order valence-corrected chi connectivity index (χ4v) is 4.77. The molecule has 1 amide bonds. The molecule has 0 N–H and O–H groups in total. The molecule has 1 aromatic heterocycles.